The molecule has 0 saturated heterocycles. The molecule has 0 radical (unpaired) electrons. The maximum Gasteiger partial charge on any atom is 0.263 e. The molecule has 8 nitrogen and oxygen atoms in total. The molecule has 0 bridgehead atoms. The van der Waals surface area contributed by atoms with Crippen LogP contribution in [0, 0.1) is 0 Å². The summed E-state index contributed by atoms with van der Waals surface area (Å²) in [5.41, 5.74) is 0. The fourth-order valence-corrected chi connectivity index (χ4v) is 2.45. The molecule has 1 N–H and O–H groups in total. The molecule has 0 spiro atoms. The molecule has 0 unspecified atom stereocenters. The van der Waals surface area contributed by atoms with Crippen LogP contribution in [0.25, 0.3) is 16.6 Å². The second-order valence-electron chi connectivity index (χ2n) is 5.45. The van der Waals surface area contributed by atoms with Gasteiger partial charge in [0.2, 0.25) is 0 Å². The quantitative estimate of drug-likeness (QED) is 0.595. The van der Waals surface area contributed by atoms with E-state index in [4.69, 9.17) is 4.74 Å². The number of rotatable bonds is 5. The molecule has 0 aliphatic carbocycles. The lowest BCUT2D eigenvalue weighted by molar-refractivity contribution is -0.118. The van der Waals surface area contributed by atoms with Crippen LogP contribution >= 0.6 is 0 Å². The number of aromatic nitrogens is 5. The molecule has 8 heteroatoms. The van der Waals surface area contributed by atoms with Gasteiger partial charge in [-0.3, -0.25) is 4.79 Å². The number of carbonyl (C=O) groups excluding carboxylic acids is 1. The van der Waals surface area contributed by atoms with E-state index in [9.17, 15) is 4.79 Å². The Morgan fingerprint density at radius 2 is 1.92 bits per heavy atom. The van der Waals surface area contributed by atoms with E-state index >= 15 is 0 Å². The monoisotopic (exact) mass is 346 g/mol. The van der Waals surface area contributed by atoms with Crippen molar-refractivity contribution in [1.29, 1.82) is 0 Å². The molecule has 2 aromatic heterocycles. The van der Waals surface area contributed by atoms with Crippen molar-refractivity contribution in [3.63, 3.8) is 0 Å². The summed E-state index contributed by atoms with van der Waals surface area (Å²) in [4.78, 5) is 24.1. The van der Waals surface area contributed by atoms with Crippen molar-refractivity contribution in [3.05, 3.63) is 67.5 Å². The van der Waals surface area contributed by atoms with E-state index in [2.05, 4.69) is 25.4 Å². The van der Waals surface area contributed by atoms with Gasteiger partial charge in [0.05, 0.1) is 0 Å². The van der Waals surface area contributed by atoms with Gasteiger partial charge in [-0.05, 0) is 22.9 Å². The van der Waals surface area contributed by atoms with Crippen LogP contribution < -0.4 is 10.1 Å². The molecule has 0 aliphatic heterocycles. The molecule has 0 saturated carbocycles. The van der Waals surface area contributed by atoms with Crippen LogP contribution in [0.4, 0.5) is 5.82 Å². The number of anilines is 1. The summed E-state index contributed by atoms with van der Waals surface area (Å²) in [7, 11) is 0. The number of nitrogens with zero attached hydrogens (tertiary/aromatic N) is 5. The van der Waals surface area contributed by atoms with Crippen LogP contribution in [-0.2, 0) is 4.79 Å². The summed E-state index contributed by atoms with van der Waals surface area (Å²) in [6.45, 7) is -0.124. The van der Waals surface area contributed by atoms with Crippen LogP contribution in [0.15, 0.2) is 67.5 Å². The van der Waals surface area contributed by atoms with Crippen LogP contribution in [0.5, 0.6) is 5.75 Å². The summed E-state index contributed by atoms with van der Waals surface area (Å²) in [5, 5.41) is 8.83. The molecular weight excluding hydrogens is 332 g/mol. The van der Waals surface area contributed by atoms with Gasteiger partial charge in [-0.2, -0.15) is 5.10 Å². The Labute approximate surface area is 148 Å². The third-order valence-electron chi connectivity index (χ3n) is 3.66. The van der Waals surface area contributed by atoms with Crippen LogP contribution in [0.2, 0.25) is 0 Å². The number of hydrogen-bond acceptors (Lipinski definition) is 6. The first-order chi connectivity index (χ1) is 12.8. The van der Waals surface area contributed by atoms with E-state index in [1.165, 1.54) is 23.7 Å². The minimum atomic E-state index is -0.318. The molecular formula is C18H14N6O2. The van der Waals surface area contributed by atoms with Gasteiger partial charge in [0.15, 0.2) is 12.4 Å². The average molecular weight is 346 g/mol. The minimum absolute atomic E-state index is 0.124. The van der Waals surface area contributed by atoms with Gasteiger partial charge >= 0.3 is 0 Å². The van der Waals surface area contributed by atoms with Crippen molar-refractivity contribution in [2.24, 2.45) is 0 Å². The molecule has 26 heavy (non-hydrogen) atoms. The highest BCUT2D eigenvalue weighted by Gasteiger charge is 2.07. The topological polar surface area (TPSA) is 94.8 Å². The number of benzene rings is 2. The summed E-state index contributed by atoms with van der Waals surface area (Å²) in [6, 6.07) is 15.2. The fourth-order valence-electron chi connectivity index (χ4n) is 2.45. The number of fused-ring (bicyclic) bond motifs is 1. The zero-order valence-corrected chi connectivity index (χ0v) is 13.6. The molecule has 0 fully saturated rings. The number of hydrogen-bond donors (Lipinski definition) is 1. The predicted octanol–water partition coefficient (Wildman–Crippen LogP) is 2.23. The lowest BCUT2D eigenvalue weighted by Crippen LogP contribution is -2.21. The van der Waals surface area contributed by atoms with Crippen LogP contribution in [-0.4, -0.2) is 37.2 Å². The van der Waals surface area contributed by atoms with E-state index in [1.54, 1.807) is 6.07 Å². The largest absolute Gasteiger partial charge is 0.484 e. The van der Waals surface area contributed by atoms with Gasteiger partial charge in [-0.15, -0.1) is 0 Å². The van der Waals surface area contributed by atoms with Gasteiger partial charge in [-0.25, -0.2) is 19.6 Å². The zero-order chi connectivity index (χ0) is 17.8. The first-order valence-electron chi connectivity index (χ1n) is 7.86. The third kappa shape index (κ3) is 3.48. The molecule has 0 aliphatic rings. The summed E-state index contributed by atoms with van der Waals surface area (Å²) in [6.07, 6.45) is 4.26. The second-order valence-corrected chi connectivity index (χ2v) is 5.45. The van der Waals surface area contributed by atoms with Crippen molar-refractivity contribution in [2.45, 2.75) is 0 Å². The van der Waals surface area contributed by atoms with Crippen molar-refractivity contribution in [2.75, 3.05) is 11.9 Å². The second kappa shape index (κ2) is 6.98. The van der Waals surface area contributed by atoms with Gasteiger partial charge in [0, 0.05) is 6.07 Å². The average Bonchev–Trinajstić information content (AvgIpc) is 3.21. The minimum Gasteiger partial charge on any atom is -0.484 e. The van der Waals surface area contributed by atoms with Gasteiger partial charge in [0.25, 0.3) is 5.91 Å². The molecule has 4 rings (SSSR count). The Balaban J connectivity index is 1.40. The standard InChI is InChI=1S/C18H14N6O2/c25-18(9-26-15-6-5-13-3-1-2-4-14(13)7-15)23-16-8-17(21-11-20-16)24-12-19-10-22-24/h1-8,10-12H,9H2,(H,20,21,23,25). The molecule has 128 valence electrons. The SMILES string of the molecule is O=C(COc1ccc2ccccc2c1)Nc1cc(-n2cncn2)ncn1. The lowest BCUT2D eigenvalue weighted by Gasteiger charge is -2.08. The van der Waals surface area contributed by atoms with Gasteiger partial charge in [0.1, 0.15) is 30.5 Å². The fraction of sp³-hybridized carbons (Fsp3) is 0.0556. The highest BCUT2D eigenvalue weighted by Crippen LogP contribution is 2.20. The summed E-state index contributed by atoms with van der Waals surface area (Å²) in [5.74, 6) is 1.17. The Morgan fingerprint density at radius 1 is 1.04 bits per heavy atom. The smallest absolute Gasteiger partial charge is 0.263 e. The molecule has 0 atom stereocenters. The Hall–Kier alpha value is -3.81. The lowest BCUT2D eigenvalue weighted by atomic mass is 10.1. The summed E-state index contributed by atoms with van der Waals surface area (Å²) >= 11 is 0. The molecule has 1 amide bonds. The Morgan fingerprint density at radius 3 is 2.77 bits per heavy atom. The number of ether oxygens (including phenoxy) is 1. The van der Waals surface area contributed by atoms with Crippen LogP contribution in [0.3, 0.4) is 0 Å². The van der Waals surface area contributed by atoms with Gasteiger partial charge < -0.3 is 10.1 Å². The number of carbonyl (C=O) groups is 1. The molecule has 2 aromatic carbocycles. The maximum atomic E-state index is 12.1. The highest BCUT2D eigenvalue weighted by atomic mass is 16.5. The van der Waals surface area contributed by atoms with E-state index in [0.29, 0.717) is 17.4 Å². The Bertz CT molecular complexity index is 1050. The first kappa shape index (κ1) is 15.7. The first-order valence-corrected chi connectivity index (χ1v) is 7.86. The highest BCUT2D eigenvalue weighted by molar-refractivity contribution is 5.91. The van der Waals surface area contributed by atoms with Crippen molar-refractivity contribution >= 4 is 22.5 Å². The third-order valence-corrected chi connectivity index (χ3v) is 3.66. The van der Waals surface area contributed by atoms with Crippen molar-refractivity contribution in [3.8, 4) is 11.6 Å². The van der Waals surface area contributed by atoms with Crippen molar-refractivity contribution < 1.29 is 9.53 Å². The van der Waals surface area contributed by atoms with E-state index < -0.39 is 0 Å². The zero-order valence-electron chi connectivity index (χ0n) is 13.6. The number of nitrogens with one attached hydrogen (secondary N) is 1. The molecule has 4 aromatic rings. The maximum absolute atomic E-state index is 12.1. The van der Waals surface area contributed by atoms with E-state index in [-0.39, 0.29) is 12.5 Å². The van der Waals surface area contributed by atoms with E-state index in [1.807, 2.05) is 42.5 Å². The van der Waals surface area contributed by atoms with Gasteiger partial charge in [-0.1, -0.05) is 30.3 Å². The van der Waals surface area contributed by atoms with Crippen LogP contribution in [0.1, 0.15) is 0 Å². The Kier molecular flexibility index (Phi) is 4.21. The normalized spacial score (nSPS) is 10.6. The molecule has 2 heterocycles. The van der Waals surface area contributed by atoms with E-state index in [0.717, 1.165) is 10.8 Å². The predicted molar refractivity (Wildman–Crippen MR) is 95.0 cm³/mol. The summed E-state index contributed by atoms with van der Waals surface area (Å²) < 4.78 is 7.04. The van der Waals surface area contributed by atoms with Crippen molar-refractivity contribution in [1.82, 2.24) is 24.7 Å². The number of amides is 1.